The molecule has 6 rings (SSSR count). The highest BCUT2D eigenvalue weighted by Crippen LogP contribution is 2.75. The molecule has 4 unspecified atom stereocenters. The number of carbonyl (C=O) groups excluding carboxylic acids is 3. The Kier molecular flexibility index (Phi) is 8.71. The number of hydrogen-bond donors (Lipinski definition) is 3. The number of methoxy groups -OCH3 is 1. The van der Waals surface area contributed by atoms with Crippen molar-refractivity contribution in [1.29, 1.82) is 0 Å². The Hall–Kier alpha value is -3.16. The smallest absolute Gasteiger partial charge is 0.326 e. The van der Waals surface area contributed by atoms with Gasteiger partial charge in [-0.15, -0.1) is 0 Å². The molecule has 1 aromatic carbocycles. The second-order valence-electron chi connectivity index (χ2n) is 18.4. The second kappa shape index (κ2) is 12.0. The standard InChI is InChI=1S/C41H58N2O6/c1-36(2)30-14-17-41(7)32(29(44)23-26-27-24-38(4,34(47)49-8)19-18-37(27,3)20-21-40(26,41)6)39(30,5)16-15-31(36)43-35(48)42-28(33(45)46)22-25-12-10-9-11-13-25/h9-13,23,27-28,30-32H,14-22,24H2,1-8H3,(H,45,46)(H2,42,43,48)/t27?,28-,30?,31?,32?,37+,38-,39-,40+,41+/m0/s1. The van der Waals surface area contributed by atoms with Crippen LogP contribution in [0.3, 0.4) is 0 Å². The van der Waals surface area contributed by atoms with Gasteiger partial charge in [0, 0.05) is 18.4 Å². The van der Waals surface area contributed by atoms with Crippen molar-refractivity contribution in [2.24, 2.45) is 50.2 Å². The van der Waals surface area contributed by atoms with Crippen molar-refractivity contribution >= 4 is 23.8 Å². The van der Waals surface area contributed by atoms with Gasteiger partial charge in [-0.3, -0.25) is 9.59 Å². The third-order valence-electron chi connectivity index (χ3n) is 15.5. The van der Waals surface area contributed by atoms with Crippen LogP contribution in [-0.2, 0) is 25.5 Å². The van der Waals surface area contributed by atoms with Gasteiger partial charge in [-0.1, -0.05) is 77.4 Å². The Labute approximate surface area is 292 Å². The lowest BCUT2D eigenvalue weighted by Crippen LogP contribution is -2.68. The van der Waals surface area contributed by atoms with Gasteiger partial charge in [0.05, 0.1) is 12.5 Å². The van der Waals surface area contributed by atoms with Gasteiger partial charge in [-0.2, -0.15) is 0 Å². The van der Waals surface area contributed by atoms with Gasteiger partial charge < -0.3 is 20.5 Å². The van der Waals surface area contributed by atoms with E-state index in [1.54, 1.807) is 0 Å². The van der Waals surface area contributed by atoms with Crippen molar-refractivity contribution in [3.63, 3.8) is 0 Å². The molecule has 2 amide bonds. The molecule has 268 valence electrons. The number of benzene rings is 1. The Morgan fingerprint density at radius 2 is 1.59 bits per heavy atom. The SMILES string of the molecule is COC(=O)[C@@]1(C)CC[C@]2(C)CC[C@]3(C)C(=CC(=O)C4[C@@]5(C)CCC(NC(=O)N[C@@H](Cc6ccccc6)C(=O)O)C(C)(C)C5CC[C@]43C)C2C1. The summed E-state index contributed by atoms with van der Waals surface area (Å²) in [4.78, 5) is 53.2. The van der Waals surface area contributed by atoms with E-state index in [0.717, 1.165) is 63.4 Å². The second-order valence-corrected chi connectivity index (χ2v) is 18.4. The van der Waals surface area contributed by atoms with E-state index in [0.29, 0.717) is 0 Å². The number of carbonyl (C=O) groups is 4. The summed E-state index contributed by atoms with van der Waals surface area (Å²) in [5.41, 5.74) is 0.704. The summed E-state index contributed by atoms with van der Waals surface area (Å²) in [5, 5.41) is 15.8. The number of rotatable bonds is 6. The topological polar surface area (TPSA) is 122 Å². The summed E-state index contributed by atoms with van der Waals surface area (Å²) in [6, 6.07) is 7.68. The number of aliphatic carboxylic acids is 1. The maximum atomic E-state index is 14.7. The van der Waals surface area contributed by atoms with E-state index in [4.69, 9.17) is 4.74 Å². The van der Waals surface area contributed by atoms with Crippen LogP contribution in [0, 0.1) is 50.2 Å². The van der Waals surface area contributed by atoms with Crippen molar-refractivity contribution in [2.75, 3.05) is 7.11 Å². The van der Waals surface area contributed by atoms with E-state index in [1.165, 1.54) is 12.7 Å². The lowest BCUT2D eigenvalue weighted by molar-refractivity contribution is -0.189. The molecule has 10 atom stereocenters. The minimum Gasteiger partial charge on any atom is -0.480 e. The molecule has 49 heavy (non-hydrogen) atoms. The van der Waals surface area contributed by atoms with Crippen LogP contribution in [0.5, 0.6) is 0 Å². The van der Waals surface area contributed by atoms with Gasteiger partial charge >= 0.3 is 18.0 Å². The minimum absolute atomic E-state index is 0.0660. The molecule has 0 bridgehead atoms. The number of ether oxygens (including phenoxy) is 1. The predicted octanol–water partition coefficient (Wildman–Crippen LogP) is 7.50. The first-order chi connectivity index (χ1) is 22.8. The third kappa shape index (κ3) is 5.45. The number of allylic oxidation sites excluding steroid dienone is 2. The molecule has 4 fully saturated rings. The molecule has 8 nitrogen and oxygen atoms in total. The van der Waals surface area contributed by atoms with Crippen molar-refractivity contribution in [3.8, 4) is 0 Å². The number of esters is 1. The Morgan fingerprint density at radius 1 is 0.918 bits per heavy atom. The number of amides is 2. The number of urea groups is 1. The highest BCUT2D eigenvalue weighted by Gasteiger charge is 2.70. The average molecular weight is 675 g/mol. The van der Waals surface area contributed by atoms with Crippen LogP contribution in [0.1, 0.15) is 112 Å². The summed E-state index contributed by atoms with van der Waals surface area (Å²) in [7, 11) is 1.48. The molecule has 0 radical (unpaired) electrons. The van der Waals surface area contributed by atoms with E-state index >= 15 is 0 Å². The zero-order valence-corrected chi connectivity index (χ0v) is 30.9. The number of nitrogens with one attached hydrogen (secondary N) is 2. The van der Waals surface area contributed by atoms with E-state index < -0.39 is 23.5 Å². The van der Waals surface area contributed by atoms with Crippen LogP contribution >= 0.6 is 0 Å². The Morgan fingerprint density at radius 3 is 2.24 bits per heavy atom. The monoisotopic (exact) mass is 674 g/mol. The molecule has 5 aliphatic carbocycles. The first kappa shape index (κ1) is 35.7. The number of carboxylic acids is 1. The van der Waals surface area contributed by atoms with Gasteiger partial charge in [0.2, 0.25) is 0 Å². The zero-order chi connectivity index (χ0) is 35.8. The Balaban J connectivity index is 1.25. The molecule has 3 N–H and O–H groups in total. The van der Waals surface area contributed by atoms with E-state index in [2.05, 4.69) is 52.2 Å². The molecule has 0 aliphatic heterocycles. The molecular formula is C41H58N2O6. The molecule has 0 saturated heterocycles. The molecule has 0 heterocycles. The van der Waals surface area contributed by atoms with Crippen molar-refractivity contribution in [3.05, 3.63) is 47.5 Å². The maximum absolute atomic E-state index is 14.7. The van der Waals surface area contributed by atoms with Crippen LogP contribution in [-0.4, -0.2) is 48.1 Å². The normalized spacial score (nSPS) is 41.4. The van der Waals surface area contributed by atoms with E-state index in [9.17, 15) is 24.3 Å². The van der Waals surface area contributed by atoms with E-state index in [1.807, 2.05) is 43.3 Å². The first-order valence-corrected chi connectivity index (χ1v) is 18.5. The number of fused-ring (bicyclic) bond motifs is 7. The third-order valence-corrected chi connectivity index (χ3v) is 15.5. The quantitative estimate of drug-likeness (QED) is 0.269. The van der Waals surface area contributed by atoms with Crippen molar-refractivity contribution < 1.29 is 29.0 Å². The summed E-state index contributed by atoms with van der Waals surface area (Å²) < 4.78 is 5.29. The Bertz CT molecular complexity index is 1550. The molecule has 4 saturated carbocycles. The predicted molar refractivity (Wildman–Crippen MR) is 188 cm³/mol. The fourth-order valence-electron chi connectivity index (χ4n) is 12.3. The van der Waals surface area contributed by atoms with Crippen molar-refractivity contribution in [1.82, 2.24) is 10.6 Å². The molecule has 0 spiro atoms. The number of carboxylic acid groups (broad SMARTS) is 1. The number of hydrogen-bond acceptors (Lipinski definition) is 5. The fourth-order valence-corrected chi connectivity index (χ4v) is 12.3. The van der Waals surface area contributed by atoms with Crippen LogP contribution in [0.25, 0.3) is 0 Å². The molecule has 0 aromatic heterocycles. The van der Waals surface area contributed by atoms with E-state index in [-0.39, 0.29) is 69.0 Å². The van der Waals surface area contributed by atoms with Gasteiger partial charge in [0.15, 0.2) is 5.78 Å². The zero-order valence-electron chi connectivity index (χ0n) is 30.9. The highest BCUT2D eigenvalue weighted by molar-refractivity contribution is 5.96. The summed E-state index contributed by atoms with van der Waals surface area (Å²) in [6.45, 7) is 16.0. The summed E-state index contributed by atoms with van der Waals surface area (Å²) in [5.74, 6) is -0.736. The number of ketones is 1. The summed E-state index contributed by atoms with van der Waals surface area (Å²) in [6.07, 6.45) is 10.3. The highest BCUT2D eigenvalue weighted by atomic mass is 16.5. The fraction of sp³-hybridized carbons (Fsp3) is 0.707. The van der Waals surface area contributed by atoms with Crippen LogP contribution < -0.4 is 10.6 Å². The molecular weight excluding hydrogens is 616 g/mol. The van der Waals surface area contributed by atoms with Gasteiger partial charge in [-0.25, -0.2) is 9.59 Å². The van der Waals surface area contributed by atoms with Crippen LogP contribution in [0.15, 0.2) is 42.0 Å². The molecule has 1 aromatic rings. The lowest BCUT2D eigenvalue weighted by Gasteiger charge is -2.70. The lowest BCUT2D eigenvalue weighted by atomic mass is 9.33. The van der Waals surface area contributed by atoms with Gasteiger partial charge in [0.25, 0.3) is 0 Å². The minimum atomic E-state index is -1.07. The largest absolute Gasteiger partial charge is 0.480 e. The molecule has 8 heteroatoms. The van der Waals surface area contributed by atoms with Crippen LogP contribution in [0.4, 0.5) is 4.79 Å². The maximum Gasteiger partial charge on any atom is 0.326 e. The van der Waals surface area contributed by atoms with Gasteiger partial charge in [-0.05, 0) is 115 Å². The first-order valence-electron chi connectivity index (χ1n) is 18.5. The van der Waals surface area contributed by atoms with Gasteiger partial charge in [0.1, 0.15) is 6.04 Å². The van der Waals surface area contributed by atoms with Crippen LogP contribution in [0.2, 0.25) is 0 Å². The average Bonchev–Trinajstić information content (AvgIpc) is 3.04. The van der Waals surface area contributed by atoms with Crippen molar-refractivity contribution in [2.45, 2.75) is 125 Å². The summed E-state index contributed by atoms with van der Waals surface area (Å²) >= 11 is 0. The molecule has 5 aliphatic rings.